The van der Waals surface area contributed by atoms with Gasteiger partial charge in [-0.3, -0.25) is 0 Å². The summed E-state index contributed by atoms with van der Waals surface area (Å²) in [5.41, 5.74) is 9.15. The van der Waals surface area contributed by atoms with Gasteiger partial charge >= 0.3 is 0 Å². The van der Waals surface area contributed by atoms with Gasteiger partial charge in [-0.1, -0.05) is 17.7 Å². The Labute approximate surface area is 127 Å². The van der Waals surface area contributed by atoms with Crippen LogP contribution in [0.4, 0.5) is 5.95 Å². The Morgan fingerprint density at radius 3 is 2.75 bits per heavy atom. The average Bonchev–Trinajstić information content (AvgIpc) is 2.89. The van der Waals surface area contributed by atoms with Gasteiger partial charge in [-0.05, 0) is 44.5 Å². The zero-order chi connectivity index (χ0) is 14.4. The molecule has 3 aromatic rings. The molecule has 3 rings (SSSR count). The number of aromatic nitrogens is 2. The fourth-order valence-corrected chi connectivity index (χ4v) is 3.94. The van der Waals surface area contributed by atoms with E-state index in [-0.39, 0.29) is 6.04 Å². The predicted octanol–water partition coefficient (Wildman–Crippen LogP) is 4.56. The largest absolute Gasteiger partial charge is 0.369 e. The molecule has 0 bridgehead atoms. The maximum Gasteiger partial charge on any atom is 0.201 e. The maximum absolute atomic E-state index is 6.20. The maximum atomic E-state index is 6.20. The fraction of sp³-hybridized carbons (Fsp3) is 0.267. The molecular weight excluding hydrogens is 290 g/mol. The smallest absolute Gasteiger partial charge is 0.201 e. The van der Waals surface area contributed by atoms with Crippen molar-refractivity contribution in [2.75, 3.05) is 5.73 Å². The molecule has 0 amide bonds. The number of anilines is 1. The Morgan fingerprint density at radius 1 is 1.35 bits per heavy atom. The van der Waals surface area contributed by atoms with Crippen molar-refractivity contribution in [2.24, 2.45) is 0 Å². The van der Waals surface area contributed by atoms with Crippen LogP contribution in [0.1, 0.15) is 28.3 Å². The number of fused-ring (bicyclic) bond motifs is 1. The van der Waals surface area contributed by atoms with Gasteiger partial charge in [0.15, 0.2) is 0 Å². The number of halogens is 1. The van der Waals surface area contributed by atoms with E-state index in [0.29, 0.717) is 11.0 Å². The van der Waals surface area contributed by atoms with Crippen LogP contribution in [0.25, 0.3) is 11.0 Å². The summed E-state index contributed by atoms with van der Waals surface area (Å²) in [5, 5.41) is 0.637. The van der Waals surface area contributed by atoms with Crippen LogP contribution in [0, 0.1) is 13.8 Å². The van der Waals surface area contributed by atoms with Crippen molar-refractivity contribution in [3.63, 3.8) is 0 Å². The standard InChI is InChI=1S/C15H16ClN3S/c1-8-7-11(10(3)20-8)9(2)19-13-6-4-5-12(16)14(13)18-15(19)17/h4-7,9H,1-3H3,(H2,17,18). The van der Waals surface area contributed by atoms with E-state index >= 15 is 0 Å². The number of nitrogens with two attached hydrogens (primary N) is 1. The molecule has 0 aliphatic rings. The highest BCUT2D eigenvalue weighted by Crippen LogP contribution is 2.34. The second kappa shape index (κ2) is 4.79. The van der Waals surface area contributed by atoms with E-state index in [1.807, 2.05) is 29.5 Å². The molecule has 0 spiro atoms. The van der Waals surface area contributed by atoms with Gasteiger partial charge in [0.1, 0.15) is 5.52 Å². The lowest BCUT2D eigenvalue weighted by atomic mass is 10.1. The number of nitrogens with zero attached hydrogens (tertiary/aromatic N) is 2. The first-order valence-electron chi connectivity index (χ1n) is 6.48. The topological polar surface area (TPSA) is 43.8 Å². The SMILES string of the molecule is Cc1cc(C(C)n2c(N)nc3c(Cl)cccc32)c(C)s1. The highest BCUT2D eigenvalue weighted by atomic mass is 35.5. The minimum absolute atomic E-state index is 0.142. The first-order chi connectivity index (χ1) is 9.49. The van der Waals surface area contributed by atoms with Crippen LogP contribution in [0.2, 0.25) is 5.02 Å². The Kier molecular flexibility index (Phi) is 3.22. The van der Waals surface area contributed by atoms with Crippen LogP contribution in [-0.4, -0.2) is 9.55 Å². The summed E-state index contributed by atoms with van der Waals surface area (Å²) < 4.78 is 2.05. The molecular formula is C15H16ClN3S. The highest BCUT2D eigenvalue weighted by molar-refractivity contribution is 7.12. The molecule has 1 atom stereocenters. The number of hydrogen-bond acceptors (Lipinski definition) is 3. The van der Waals surface area contributed by atoms with Gasteiger partial charge in [0, 0.05) is 9.75 Å². The lowest BCUT2D eigenvalue weighted by Crippen LogP contribution is -2.10. The molecule has 3 nitrogen and oxygen atoms in total. The molecule has 0 saturated heterocycles. The summed E-state index contributed by atoms with van der Waals surface area (Å²) in [4.78, 5) is 7.04. The van der Waals surface area contributed by atoms with Crippen LogP contribution >= 0.6 is 22.9 Å². The molecule has 1 unspecified atom stereocenters. The fourth-order valence-electron chi connectivity index (χ4n) is 2.71. The molecule has 1 aromatic carbocycles. The van der Waals surface area contributed by atoms with Crippen LogP contribution < -0.4 is 5.73 Å². The Bertz CT molecular complexity index is 788. The van der Waals surface area contributed by atoms with Crippen LogP contribution in [-0.2, 0) is 0 Å². The number of benzene rings is 1. The number of para-hydroxylation sites is 1. The zero-order valence-electron chi connectivity index (χ0n) is 11.6. The van der Waals surface area contributed by atoms with E-state index in [2.05, 4.69) is 36.4 Å². The van der Waals surface area contributed by atoms with Gasteiger partial charge in [-0.2, -0.15) is 0 Å². The summed E-state index contributed by atoms with van der Waals surface area (Å²) in [6, 6.07) is 8.14. The summed E-state index contributed by atoms with van der Waals surface area (Å²) in [5.74, 6) is 0.504. The third-order valence-electron chi connectivity index (χ3n) is 3.61. The van der Waals surface area contributed by atoms with E-state index in [1.54, 1.807) is 0 Å². The van der Waals surface area contributed by atoms with Gasteiger partial charge in [0.25, 0.3) is 0 Å². The first-order valence-corrected chi connectivity index (χ1v) is 7.67. The number of nitrogen functional groups attached to an aromatic ring is 1. The van der Waals surface area contributed by atoms with Crippen LogP contribution in [0.3, 0.4) is 0 Å². The van der Waals surface area contributed by atoms with Crippen LogP contribution in [0.15, 0.2) is 24.3 Å². The molecule has 104 valence electrons. The molecule has 2 N–H and O–H groups in total. The summed E-state index contributed by atoms with van der Waals surface area (Å²) in [6.45, 7) is 6.42. The van der Waals surface area contributed by atoms with Crippen molar-refractivity contribution in [2.45, 2.75) is 26.8 Å². The number of aryl methyl sites for hydroxylation is 2. The van der Waals surface area contributed by atoms with Crippen molar-refractivity contribution < 1.29 is 0 Å². The Morgan fingerprint density at radius 2 is 2.10 bits per heavy atom. The van der Waals surface area contributed by atoms with Crippen molar-refractivity contribution in [3.8, 4) is 0 Å². The quantitative estimate of drug-likeness (QED) is 0.754. The lowest BCUT2D eigenvalue weighted by molar-refractivity contribution is 0.666. The van der Waals surface area contributed by atoms with Gasteiger partial charge in [0.2, 0.25) is 5.95 Å². The van der Waals surface area contributed by atoms with Crippen molar-refractivity contribution in [3.05, 3.63) is 44.6 Å². The molecule has 20 heavy (non-hydrogen) atoms. The normalized spacial score (nSPS) is 13.0. The summed E-state index contributed by atoms with van der Waals surface area (Å²) in [6.07, 6.45) is 0. The van der Waals surface area contributed by atoms with E-state index in [0.717, 1.165) is 11.0 Å². The van der Waals surface area contributed by atoms with Crippen LogP contribution in [0.5, 0.6) is 0 Å². The van der Waals surface area contributed by atoms with Crippen molar-refractivity contribution in [1.82, 2.24) is 9.55 Å². The van der Waals surface area contributed by atoms with E-state index in [1.165, 1.54) is 15.3 Å². The molecule has 0 fully saturated rings. The van der Waals surface area contributed by atoms with E-state index < -0.39 is 0 Å². The van der Waals surface area contributed by atoms with E-state index in [4.69, 9.17) is 17.3 Å². The third-order valence-corrected chi connectivity index (χ3v) is 4.90. The van der Waals surface area contributed by atoms with Gasteiger partial charge in [0.05, 0.1) is 16.6 Å². The molecule has 2 heterocycles. The second-order valence-electron chi connectivity index (χ2n) is 4.99. The zero-order valence-corrected chi connectivity index (χ0v) is 13.2. The summed E-state index contributed by atoms with van der Waals surface area (Å²) in [7, 11) is 0. The molecule has 5 heteroatoms. The Balaban J connectivity index is 2.21. The third kappa shape index (κ3) is 2.00. The molecule has 0 radical (unpaired) electrons. The number of rotatable bonds is 2. The van der Waals surface area contributed by atoms with Gasteiger partial charge < -0.3 is 10.3 Å². The minimum atomic E-state index is 0.142. The minimum Gasteiger partial charge on any atom is -0.369 e. The van der Waals surface area contributed by atoms with Gasteiger partial charge in [-0.25, -0.2) is 4.98 Å². The van der Waals surface area contributed by atoms with E-state index in [9.17, 15) is 0 Å². The lowest BCUT2D eigenvalue weighted by Gasteiger charge is -2.16. The number of imidazole rings is 1. The first kappa shape index (κ1) is 13.5. The van der Waals surface area contributed by atoms with Gasteiger partial charge in [-0.15, -0.1) is 11.3 Å². The van der Waals surface area contributed by atoms with Crippen molar-refractivity contribution in [1.29, 1.82) is 0 Å². The molecule has 0 aliphatic carbocycles. The monoisotopic (exact) mass is 305 g/mol. The average molecular weight is 306 g/mol. The summed E-state index contributed by atoms with van der Waals surface area (Å²) >= 11 is 8.01. The molecule has 0 aliphatic heterocycles. The van der Waals surface area contributed by atoms with Crippen molar-refractivity contribution >= 4 is 39.9 Å². The molecule has 2 aromatic heterocycles. The number of thiophene rings is 1. The highest BCUT2D eigenvalue weighted by Gasteiger charge is 2.19. The second-order valence-corrected chi connectivity index (χ2v) is 6.86. The predicted molar refractivity (Wildman–Crippen MR) is 86.8 cm³/mol. The Hall–Kier alpha value is -1.52. The number of hydrogen-bond donors (Lipinski definition) is 1. The molecule has 0 saturated carbocycles.